The lowest BCUT2D eigenvalue weighted by Gasteiger charge is -2.44. The summed E-state index contributed by atoms with van der Waals surface area (Å²) >= 11 is 0. The van der Waals surface area contributed by atoms with Crippen molar-refractivity contribution in [2.24, 2.45) is 11.8 Å². The van der Waals surface area contributed by atoms with Gasteiger partial charge in [-0.1, -0.05) is 6.07 Å². The van der Waals surface area contributed by atoms with E-state index in [0.717, 1.165) is 0 Å². The normalized spacial score (nSPS) is 26.6. The van der Waals surface area contributed by atoms with Crippen LogP contribution in [0.5, 0.6) is 11.5 Å². The van der Waals surface area contributed by atoms with Gasteiger partial charge in [0.15, 0.2) is 17.3 Å². The van der Waals surface area contributed by atoms with E-state index in [-0.39, 0.29) is 11.5 Å². The van der Waals surface area contributed by atoms with Crippen LogP contribution in [0.25, 0.3) is 0 Å². The smallest absolute Gasteiger partial charge is 0.317 e. The van der Waals surface area contributed by atoms with Crippen LogP contribution in [0.2, 0.25) is 0 Å². The molecular weight excluding hydrogens is 392 g/mol. The topological polar surface area (TPSA) is 119 Å². The second-order valence-corrected chi connectivity index (χ2v) is 8.38. The number of methoxy groups -OCH3 is 1. The van der Waals surface area contributed by atoms with Crippen LogP contribution in [0, 0.1) is 11.8 Å². The summed E-state index contributed by atoms with van der Waals surface area (Å²) in [4.78, 5) is 38.8. The molecule has 8 nitrogen and oxygen atoms in total. The molecule has 0 amide bonds. The monoisotopic (exact) mass is 422 g/mol. The van der Waals surface area contributed by atoms with Crippen LogP contribution in [-0.4, -0.2) is 52.9 Å². The van der Waals surface area contributed by atoms with Gasteiger partial charge in [0.25, 0.3) is 0 Å². The number of phenols is 1. The van der Waals surface area contributed by atoms with Crippen LogP contribution in [-0.2, 0) is 23.9 Å². The average molecular weight is 422 g/mol. The highest BCUT2D eigenvalue weighted by Gasteiger charge is 2.57. The van der Waals surface area contributed by atoms with Crippen LogP contribution in [0.4, 0.5) is 0 Å². The van der Waals surface area contributed by atoms with Gasteiger partial charge in [-0.15, -0.1) is 0 Å². The number of benzene rings is 1. The van der Waals surface area contributed by atoms with Gasteiger partial charge in [-0.3, -0.25) is 14.4 Å². The minimum absolute atomic E-state index is 0.108. The van der Waals surface area contributed by atoms with Crippen molar-refractivity contribution in [2.75, 3.05) is 7.11 Å². The predicted molar refractivity (Wildman–Crippen MR) is 107 cm³/mol. The molecule has 1 fully saturated rings. The number of aromatic hydroxyl groups is 1. The molecule has 0 saturated heterocycles. The number of hydrogen-bond donors (Lipinski definition) is 2. The number of aliphatic hydroxyl groups is 1. The van der Waals surface area contributed by atoms with E-state index in [0.29, 0.717) is 5.56 Å². The van der Waals surface area contributed by atoms with E-state index in [9.17, 15) is 24.6 Å². The molecule has 1 saturated carbocycles. The second-order valence-electron chi connectivity index (χ2n) is 8.38. The van der Waals surface area contributed by atoms with Gasteiger partial charge >= 0.3 is 11.9 Å². The van der Waals surface area contributed by atoms with E-state index in [1.807, 2.05) is 0 Å². The summed E-state index contributed by atoms with van der Waals surface area (Å²) < 4.78 is 15.8. The van der Waals surface area contributed by atoms with Crippen molar-refractivity contribution in [3.05, 3.63) is 23.8 Å². The SMILES string of the molecule is COc1cc([C@H]2[C@@H](C(=O)OC(C)C)C(=O)C[C@](C)(O)[C@@H]2C(=O)OC(C)C)ccc1O. The van der Waals surface area contributed by atoms with Crippen molar-refractivity contribution < 1.29 is 38.8 Å². The molecule has 30 heavy (non-hydrogen) atoms. The zero-order valence-electron chi connectivity index (χ0n) is 18.2. The molecule has 0 aromatic heterocycles. The zero-order chi connectivity index (χ0) is 22.8. The van der Waals surface area contributed by atoms with Gasteiger partial charge in [0.05, 0.1) is 30.8 Å². The number of ether oxygens (including phenoxy) is 3. The summed E-state index contributed by atoms with van der Waals surface area (Å²) in [6, 6.07) is 4.28. The lowest BCUT2D eigenvalue weighted by molar-refractivity contribution is -0.176. The molecule has 1 aliphatic rings. The Morgan fingerprint density at radius 3 is 2.20 bits per heavy atom. The summed E-state index contributed by atoms with van der Waals surface area (Å²) in [6.07, 6.45) is -1.32. The number of esters is 2. The van der Waals surface area contributed by atoms with Crippen molar-refractivity contribution in [1.82, 2.24) is 0 Å². The quantitative estimate of drug-likeness (QED) is 0.530. The minimum atomic E-state index is -1.74. The number of Topliss-reactive ketones (excluding diaryl/α,β-unsaturated/α-hetero) is 1. The fourth-order valence-electron chi connectivity index (χ4n) is 3.93. The minimum Gasteiger partial charge on any atom is -0.504 e. The number of hydrogen-bond acceptors (Lipinski definition) is 8. The zero-order valence-corrected chi connectivity index (χ0v) is 18.2. The van der Waals surface area contributed by atoms with Gasteiger partial charge in [-0.05, 0) is 52.3 Å². The first-order chi connectivity index (χ1) is 13.9. The van der Waals surface area contributed by atoms with Gasteiger partial charge < -0.3 is 24.4 Å². The van der Waals surface area contributed by atoms with E-state index in [1.165, 1.54) is 32.2 Å². The maximum atomic E-state index is 13.0. The molecule has 0 heterocycles. The van der Waals surface area contributed by atoms with E-state index in [2.05, 4.69) is 0 Å². The van der Waals surface area contributed by atoms with E-state index >= 15 is 0 Å². The molecule has 0 unspecified atom stereocenters. The fourth-order valence-corrected chi connectivity index (χ4v) is 3.93. The standard InChI is InChI=1S/C22H30O8/c1-11(2)29-20(25)18-15(24)10-22(5,27)19(21(26)30-12(3)4)17(18)13-7-8-14(23)16(9-13)28-6/h7-9,11-12,17-19,23,27H,10H2,1-6H3/t17-,18-,19-,22-/m0/s1. The third-order valence-corrected chi connectivity index (χ3v) is 5.07. The number of ketones is 1. The Morgan fingerprint density at radius 1 is 1.10 bits per heavy atom. The van der Waals surface area contributed by atoms with E-state index in [1.54, 1.807) is 27.7 Å². The summed E-state index contributed by atoms with van der Waals surface area (Å²) in [6.45, 7) is 8.04. The second kappa shape index (κ2) is 9.04. The lowest BCUT2D eigenvalue weighted by Crippen LogP contribution is -2.55. The lowest BCUT2D eigenvalue weighted by atomic mass is 9.61. The highest BCUT2D eigenvalue weighted by atomic mass is 16.5. The molecule has 1 aliphatic carbocycles. The third kappa shape index (κ3) is 4.92. The predicted octanol–water partition coefficient (Wildman–Crippen LogP) is 2.34. The third-order valence-electron chi connectivity index (χ3n) is 5.07. The Kier molecular flexibility index (Phi) is 7.13. The molecule has 166 valence electrons. The summed E-state index contributed by atoms with van der Waals surface area (Å²) in [5, 5.41) is 21.0. The largest absolute Gasteiger partial charge is 0.504 e. The number of rotatable bonds is 6. The van der Waals surface area contributed by atoms with E-state index in [4.69, 9.17) is 14.2 Å². The average Bonchev–Trinajstić information content (AvgIpc) is 2.59. The summed E-state index contributed by atoms with van der Waals surface area (Å²) in [5.74, 6) is -5.64. The van der Waals surface area contributed by atoms with Crippen molar-refractivity contribution in [3.63, 3.8) is 0 Å². The van der Waals surface area contributed by atoms with Gasteiger partial charge in [0.1, 0.15) is 5.92 Å². The Hall–Kier alpha value is -2.61. The van der Waals surface area contributed by atoms with Crippen molar-refractivity contribution in [2.45, 2.75) is 64.8 Å². The van der Waals surface area contributed by atoms with Crippen LogP contribution in [0.15, 0.2) is 18.2 Å². The molecule has 1 aromatic carbocycles. The number of phenolic OH excluding ortho intramolecular Hbond substituents is 1. The molecule has 0 bridgehead atoms. The highest BCUT2D eigenvalue weighted by Crippen LogP contribution is 2.48. The molecule has 0 radical (unpaired) electrons. The van der Waals surface area contributed by atoms with Crippen LogP contribution < -0.4 is 4.74 Å². The first kappa shape index (κ1) is 23.7. The fraction of sp³-hybridized carbons (Fsp3) is 0.591. The summed E-state index contributed by atoms with van der Waals surface area (Å²) in [7, 11) is 1.36. The van der Waals surface area contributed by atoms with Crippen LogP contribution >= 0.6 is 0 Å². The van der Waals surface area contributed by atoms with Crippen LogP contribution in [0.3, 0.4) is 0 Å². The van der Waals surface area contributed by atoms with Crippen molar-refractivity contribution in [3.8, 4) is 11.5 Å². The maximum absolute atomic E-state index is 13.0. The number of carbonyl (C=O) groups excluding carboxylic acids is 3. The highest BCUT2D eigenvalue weighted by molar-refractivity contribution is 6.02. The molecule has 2 rings (SSSR count). The number of carbonyl (C=O) groups is 3. The molecule has 4 atom stereocenters. The Labute approximate surface area is 176 Å². The molecule has 0 aliphatic heterocycles. The van der Waals surface area contributed by atoms with Gasteiger partial charge in [-0.2, -0.15) is 0 Å². The van der Waals surface area contributed by atoms with E-state index < -0.39 is 59.7 Å². The van der Waals surface area contributed by atoms with Gasteiger partial charge in [0.2, 0.25) is 0 Å². The van der Waals surface area contributed by atoms with Crippen LogP contribution in [0.1, 0.15) is 52.5 Å². The Balaban J connectivity index is 2.67. The molecule has 2 N–H and O–H groups in total. The first-order valence-electron chi connectivity index (χ1n) is 9.92. The molecular formula is C22H30O8. The van der Waals surface area contributed by atoms with Gasteiger partial charge in [-0.25, -0.2) is 0 Å². The Bertz CT molecular complexity index is 803. The van der Waals surface area contributed by atoms with Gasteiger partial charge in [0, 0.05) is 12.3 Å². The first-order valence-corrected chi connectivity index (χ1v) is 9.92. The van der Waals surface area contributed by atoms with Crippen molar-refractivity contribution >= 4 is 17.7 Å². The molecule has 8 heteroatoms. The van der Waals surface area contributed by atoms with Crippen molar-refractivity contribution in [1.29, 1.82) is 0 Å². The maximum Gasteiger partial charge on any atom is 0.317 e. The summed E-state index contributed by atoms with van der Waals surface area (Å²) in [5.41, 5.74) is -1.37. The Morgan fingerprint density at radius 2 is 1.67 bits per heavy atom. The molecule has 1 aromatic rings. The molecule has 0 spiro atoms.